The number of carbonyl (C=O) groups excluding carboxylic acids is 1. The third-order valence-corrected chi connectivity index (χ3v) is 5.70. The molecule has 0 unspecified atom stereocenters. The fourth-order valence-electron chi connectivity index (χ4n) is 3.96. The predicted molar refractivity (Wildman–Crippen MR) is 94.5 cm³/mol. The van der Waals surface area contributed by atoms with Crippen molar-refractivity contribution in [1.82, 2.24) is 9.88 Å². The molecule has 1 aromatic heterocycles. The number of pyridine rings is 1. The van der Waals surface area contributed by atoms with E-state index >= 15 is 0 Å². The lowest BCUT2D eigenvalue weighted by atomic mass is 9.53. The molecule has 1 saturated heterocycles. The third kappa shape index (κ3) is 3.45. The molecule has 2 aliphatic rings. The Kier molecular flexibility index (Phi) is 4.41. The topological polar surface area (TPSA) is 62.7 Å². The van der Waals surface area contributed by atoms with Crippen LogP contribution >= 0.6 is 15.9 Å². The van der Waals surface area contributed by atoms with Gasteiger partial charge in [0.15, 0.2) is 0 Å². The van der Waals surface area contributed by atoms with Crippen molar-refractivity contribution in [1.29, 1.82) is 0 Å². The summed E-state index contributed by atoms with van der Waals surface area (Å²) in [6.07, 6.45) is 4.75. The summed E-state index contributed by atoms with van der Waals surface area (Å²) in [5.41, 5.74) is -0.274. The van der Waals surface area contributed by atoms with E-state index in [0.29, 0.717) is 17.7 Å². The molecule has 0 atom stereocenters. The van der Waals surface area contributed by atoms with Gasteiger partial charge in [0, 0.05) is 24.8 Å². The van der Waals surface area contributed by atoms with E-state index in [9.17, 15) is 9.90 Å². The Morgan fingerprint density at radius 1 is 1.33 bits per heavy atom. The highest BCUT2D eigenvalue weighted by Crippen LogP contribution is 2.59. The van der Waals surface area contributed by atoms with Crippen molar-refractivity contribution in [3.05, 3.63) is 28.5 Å². The first-order valence-electron chi connectivity index (χ1n) is 8.44. The lowest BCUT2D eigenvalue weighted by Gasteiger charge is -2.56. The number of rotatable bonds is 1. The summed E-state index contributed by atoms with van der Waals surface area (Å²) in [5, 5.41) is 10.9. The molecule has 1 aliphatic carbocycles. The summed E-state index contributed by atoms with van der Waals surface area (Å²) in [4.78, 5) is 18.2. The van der Waals surface area contributed by atoms with Crippen LogP contribution in [0.25, 0.3) is 0 Å². The average Bonchev–Trinajstić information content (AvgIpc) is 2.45. The Balaban J connectivity index is 1.59. The van der Waals surface area contributed by atoms with E-state index < -0.39 is 11.2 Å². The van der Waals surface area contributed by atoms with Gasteiger partial charge in [-0.1, -0.05) is 6.07 Å². The summed E-state index contributed by atoms with van der Waals surface area (Å²) >= 11 is 3.44. The van der Waals surface area contributed by atoms with E-state index in [4.69, 9.17) is 4.74 Å². The lowest BCUT2D eigenvalue weighted by molar-refractivity contribution is -0.155. The molecule has 2 heterocycles. The number of ether oxygens (including phenoxy) is 1. The van der Waals surface area contributed by atoms with E-state index in [1.165, 1.54) is 0 Å². The van der Waals surface area contributed by atoms with Crippen LogP contribution in [0, 0.1) is 5.41 Å². The quantitative estimate of drug-likeness (QED) is 0.732. The Bertz CT molecular complexity index is 625. The van der Waals surface area contributed by atoms with Crippen molar-refractivity contribution < 1.29 is 14.6 Å². The van der Waals surface area contributed by atoms with Crippen molar-refractivity contribution >= 4 is 22.0 Å². The number of aliphatic hydroxyl groups is 1. The standard InChI is InChI=1S/C18H25BrN2O3/c1-16(2,3)24-15(22)21-9-6-17(7-10-21)11-18(23,12-17)13-5-4-8-20-14(13)19/h4-5,8,23H,6-7,9-12H2,1-3H3. The molecule has 24 heavy (non-hydrogen) atoms. The first kappa shape index (κ1) is 17.7. The largest absolute Gasteiger partial charge is 0.444 e. The SMILES string of the molecule is CC(C)(C)OC(=O)N1CCC2(CC1)CC(O)(c1cccnc1Br)C2. The van der Waals surface area contributed by atoms with E-state index in [1.54, 1.807) is 11.1 Å². The summed E-state index contributed by atoms with van der Waals surface area (Å²) < 4.78 is 6.16. The lowest BCUT2D eigenvalue weighted by Crippen LogP contribution is -2.55. The second kappa shape index (κ2) is 5.99. The first-order chi connectivity index (χ1) is 11.1. The zero-order valence-electron chi connectivity index (χ0n) is 14.5. The zero-order valence-corrected chi connectivity index (χ0v) is 16.1. The van der Waals surface area contributed by atoms with Gasteiger partial charge in [0.05, 0.1) is 5.60 Å². The van der Waals surface area contributed by atoms with E-state index in [0.717, 1.165) is 31.2 Å². The Labute approximate surface area is 151 Å². The fourth-order valence-corrected chi connectivity index (χ4v) is 4.58. The molecule has 1 spiro atoms. The van der Waals surface area contributed by atoms with Gasteiger partial charge in [-0.15, -0.1) is 0 Å². The Hall–Kier alpha value is -1.14. The van der Waals surface area contributed by atoms with Crippen LogP contribution in [-0.2, 0) is 10.3 Å². The second-order valence-corrected chi connectivity index (χ2v) is 8.95. The molecule has 6 heteroatoms. The van der Waals surface area contributed by atoms with Gasteiger partial charge < -0.3 is 14.7 Å². The first-order valence-corrected chi connectivity index (χ1v) is 9.23. The second-order valence-electron chi connectivity index (χ2n) is 8.19. The van der Waals surface area contributed by atoms with E-state index in [1.807, 2.05) is 32.9 Å². The molecule has 0 bridgehead atoms. The molecule has 1 amide bonds. The molecule has 1 N–H and O–H groups in total. The van der Waals surface area contributed by atoms with Crippen molar-refractivity contribution in [3.63, 3.8) is 0 Å². The van der Waals surface area contributed by atoms with Gasteiger partial charge in [0.1, 0.15) is 10.2 Å². The minimum Gasteiger partial charge on any atom is -0.444 e. The highest BCUT2D eigenvalue weighted by Gasteiger charge is 2.56. The number of halogens is 1. The highest BCUT2D eigenvalue weighted by molar-refractivity contribution is 9.10. The van der Waals surface area contributed by atoms with Gasteiger partial charge in [-0.2, -0.15) is 0 Å². The molecule has 0 radical (unpaired) electrons. The van der Waals surface area contributed by atoms with Crippen LogP contribution in [0.5, 0.6) is 0 Å². The number of hydrogen-bond donors (Lipinski definition) is 1. The smallest absolute Gasteiger partial charge is 0.410 e. The van der Waals surface area contributed by atoms with Gasteiger partial charge in [-0.25, -0.2) is 9.78 Å². The highest BCUT2D eigenvalue weighted by atomic mass is 79.9. The number of nitrogens with zero attached hydrogens (tertiary/aromatic N) is 2. The van der Waals surface area contributed by atoms with Crippen LogP contribution in [-0.4, -0.2) is 39.8 Å². The summed E-state index contributed by atoms with van der Waals surface area (Å²) in [7, 11) is 0. The molecule has 1 aromatic rings. The van der Waals surface area contributed by atoms with Crippen molar-refractivity contribution in [2.45, 2.75) is 57.7 Å². The van der Waals surface area contributed by atoms with Crippen molar-refractivity contribution in [3.8, 4) is 0 Å². The Morgan fingerprint density at radius 2 is 1.96 bits per heavy atom. The van der Waals surface area contributed by atoms with E-state index in [-0.39, 0.29) is 11.5 Å². The summed E-state index contributed by atoms with van der Waals surface area (Å²) in [6.45, 7) is 7.04. The van der Waals surface area contributed by atoms with Gasteiger partial charge in [-0.05, 0) is 73.9 Å². The predicted octanol–water partition coefficient (Wildman–Crippen LogP) is 3.84. The van der Waals surface area contributed by atoms with E-state index in [2.05, 4.69) is 20.9 Å². The number of likely N-dealkylation sites (tertiary alicyclic amines) is 1. The van der Waals surface area contributed by atoms with Gasteiger partial charge in [-0.3, -0.25) is 0 Å². The maximum atomic E-state index is 12.2. The molecule has 132 valence electrons. The number of hydrogen-bond acceptors (Lipinski definition) is 4. The fraction of sp³-hybridized carbons (Fsp3) is 0.667. The van der Waals surface area contributed by atoms with Gasteiger partial charge >= 0.3 is 6.09 Å². The molecule has 3 rings (SSSR count). The molecule has 2 fully saturated rings. The number of carbonyl (C=O) groups is 1. The van der Waals surface area contributed by atoms with Crippen LogP contribution in [0.4, 0.5) is 4.79 Å². The molecule has 1 aliphatic heterocycles. The minimum atomic E-state index is -0.804. The van der Waals surface area contributed by atoms with Crippen LogP contribution in [0.2, 0.25) is 0 Å². The number of aromatic nitrogens is 1. The average molecular weight is 397 g/mol. The van der Waals surface area contributed by atoms with Gasteiger partial charge in [0.2, 0.25) is 0 Å². The number of amides is 1. The minimum absolute atomic E-state index is 0.128. The van der Waals surface area contributed by atoms with Crippen LogP contribution < -0.4 is 0 Å². The molecule has 0 aromatic carbocycles. The monoisotopic (exact) mass is 396 g/mol. The van der Waals surface area contributed by atoms with Crippen molar-refractivity contribution in [2.75, 3.05) is 13.1 Å². The molecule has 1 saturated carbocycles. The summed E-state index contributed by atoms with van der Waals surface area (Å²) in [5.74, 6) is 0. The van der Waals surface area contributed by atoms with Crippen LogP contribution in [0.15, 0.2) is 22.9 Å². The normalized spacial score (nSPS) is 22.1. The van der Waals surface area contributed by atoms with Crippen molar-refractivity contribution in [2.24, 2.45) is 5.41 Å². The van der Waals surface area contributed by atoms with Gasteiger partial charge in [0.25, 0.3) is 0 Å². The van der Waals surface area contributed by atoms with Crippen LogP contribution in [0.3, 0.4) is 0 Å². The third-order valence-electron chi connectivity index (χ3n) is 5.07. The molecule has 5 nitrogen and oxygen atoms in total. The summed E-state index contributed by atoms with van der Waals surface area (Å²) in [6, 6.07) is 3.79. The maximum Gasteiger partial charge on any atom is 0.410 e. The number of piperidine rings is 1. The zero-order chi connectivity index (χ0) is 17.6. The van der Waals surface area contributed by atoms with Crippen LogP contribution in [0.1, 0.15) is 52.0 Å². The Morgan fingerprint density at radius 3 is 2.50 bits per heavy atom. The maximum absolute atomic E-state index is 12.2. The molecular formula is C18H25BrN2O3. The molecular weight excluding hydrogens is 372 g/mol.